The summed E-state index contributed by atoms with van der Waals surface area (Å²) in [5.74, 6) is -0.640. The lowest BCUT2D eigenvalue weighted by Gasteiger charge is -2.24. The van der Waals surface area contributed by atoms with Crippen LogP contribution in [0, 0.1) is 0 Å². The molecule has 0 aromatic rings. The number of rotatable bonds is 4. The van der Waals surface area contributed by atoms with Crippen molar-refractivity contribution >= 4 is 5.97 Å². The van der Waals surface area contributed by atoms with Crippen molar-refractivity contribution in [2.75, 3.05) is 0 Å². The number of carbonyl (C=O) groups excluding carboxylic acids is 1. The smallest absolute Gasteiger partial charge is 0.337 e. The molecule has 14 heavy (non-hydrogen) atoms. The average Bonchev–Trinajstić information content (AvgIpc) is 2.00. The standard InChI is InChI=1S/C10H21NO3/c1-5-6-7(11)8(12)9(13)14-10(2,3)4/h7-8,12H,5-6,11H2,1-4H3. The summed E-state index contributed by atoms with van der Waals surface area (Å²) >= 11 is 0. The third-order valence-corrected chi connectivity index (χ3v) is 1.68. The van der Waals surface area contributed by atoms with Crippen LogP contribution in [0.2, 0.25) is 0 Å². The van der Waals surface area contributed by atoms with Crippen molar-refractivity contribution in [2.45, 2.75) is 58.3 Å². The van der Waals surface area contributed by atoms with E-state index in [-0.39, 0.29) is 0 Å². The second-order valence-electron chi connectivity index (χ2n) is 4.43. The van der Waals surface area contributed by atoms with Crippen LogP contribution in [0.3, 0.4) is 0 Å². The van der Waals surface area contributed by atoms with E-state index in [1.807, 2.05) is 6.92 Å². The quantitative estimate of drug-likeness (QED) is 0.663. The Hall–Kier alpha value is -0.610. The van der Waals surface area contributed by atoms with E-state index in [0.717, 1.165) is 6.42 Å². The molecule has 0 aliphatic carbocycles. The monoisotopic (exact) mass is 203 g/mol. The predicted molar refractivity (Wildman–Crippen MR) is 54.7 cm³/mol. The number of carbonyl (C=O) groups is 1. The Morgan fingerprint density at radius 2 is 2.00 bits per heavy atom. The van der Waals surface area contributed by atoms with E-state index in [1.54, 1.807) is 20.8 Å². The highest BCUT2D eigenvalue weighted by Crippen LogP contribution is 2.10. The molecule has 4 heteroatoms. The summed E-state index contributed by atoms with van der Waals surface area (Å²) in [6.07, 6.45) is 0.232. The number of aliphatic hydroxyl groups excluding tert-OH is 1. The molecule has 0 aromatic carbocycles. The normalized spacial score (nSPS) is 16.1. The van der Waals surface area contributed by atoms with Crippen molar-refractivity contribution in [2.24, 2.45) is 5.73 Å². The van der Waals surface area contributed by atoms with Crippen molar-refractivity contribution < 1.29 is 14.6 Å². The summed E-state index contributed by atoms with van der Waals surface area (Å²) in [6.45, 7) is 7.20. The third-order valence-electron chi connectivity index (χ3n) is 1.68. The Kier molecular flexibility index (Phi) is 5.08. The summed E-state index contributed by atoms with van der Waals surface area (Å²) in [6, 6.07) is -0.533. The van der Waals surface area contributed by atoms with E-state index in [1.165, 1.54) is 0 Å². The van der Waals surface area contributed by atoms with Gasteiger partial charge in [0.05, 0.1) is 0 Å². The molecule has 0 spiro atoms. The molecule has 84 valence electrons. The molecule has 0 rings (SSSR count). The average molecular weight is 203 g/mol. The fourth-order valence-corrected chi connectivity index (χ4v) is 1.03. The minimum Gasteiger partial charge on any atom is -0.458 e. The maximum Gasteiger partial charge on any atom is 0.337 e. The van der Waals surface area contributed by atoms with Gasteiger partial charge in [0, 0.05) is 6.04 Å². The fraction of sp³-hybridized carbons (Fsp3) is 0.900. The van der Waals surface area contributed by atoms with Gasteiger partial charge in [-0.15, -0.1) is 0 Å². The van der Waals surface area contributed by atoms with Gasteiger partial charge in [-0.05, 0) is 27.2 Å². The van der Waals surface area contributed by atoms with Crippen molar-refractivity contribution in [3.8, 4) is 0 Å². The van der Waals surface area contributed by atoms with Gasteiger partial charge in [-0.1, -0.05) is 13.3 Å². The number of hydrogen-bond donors (Lipinski definition) is 2. The predicted octanol–water partition coefficient (Wildman–Crippen LogP) is 0.816. The number of hydrogen-bond acceptors (Lipinski definition) is 4. The molecule has 0 fully saturated rings. The van der Waals surface area contributed by atoms with Gasteiger partial charge in [-0.2, -0.15) is 0 Å². The van der Waals surface area contributed by atoms with E-state index in [2.05, 4.69) is 0 Å². The Bertz CT molecular complexity index is 186. The summed E-state index contributed by atoms with van der Waals surface area (Å²) in [4.78, 5) is 11.3. The molecule has 2 unspecified atom stereocenters. The molecule has 0 aromatic heterocycles. The summed E-state index contributed by atoms with van der Waals surface area (Å²) < 4.78 is 5.00. The van der Waals surface area contributed by atoms with Gasteiger partial charge in [0.2, 0.25) is 0 Å². The van der Waals surface area contributed by atoms with Crippen LogP contribution in [0.5, 0.6) is 0 Å². The zero-order valence-corrected chi connectivity index (χ0v) is 9.41. The Morgan fingerprint density at radius 3 is 2.36 bits per heavy atom. The second kappa shape index (κ2) is 5.32. The van der Waals surface area contributed by atoms with Crippen LogP contribution in [0.15, 0.2) is 0 Å². The van der Waals surface area contributed by atoms with Crippen LogP contribution in [-0.2, 0) is 9.53 Å². The molecule has 0 amide bonds. The maximum atomic E-state index is 11.3. The molecular formula is C10H21NO3. The molecule has 0 radical (unpaired) electrons. The van der Waals surface area contributed by atoms with Crippen LogP contribution < -0.4 is 5.73 Å². The zero-order chi connectivity index (χ0) is 11.4. The van der Waals surface area contributed by atoms with Gasteiger partial charge in [-0.25, -0.2) is 4.79 Å². The minimum absolute atomic E-state index is 0.533. The van der Waals surface area contributed by atoms with Gasteiger partial charge in [0.25, 0.3) is 0 Å². The lowest BCUT2D eigenvalue weighted by Crippen LogP contribution is -2.43. The maximum absolute atomic E-state index is 11.3. The fourth-order valence-electron chi connectivity index (χ4n) is 1.03. The third kappa shape index (κ3) is 5.19. The number of nitrogens with two attached hydrogens (primary N) is 1. The molecule has 0 saturated carbocycles. The first kappa shape index (κ1) is 13.4. The molecular weight excluding hydrogens is 182 g/mol. The first-order valence-electron chi connectivity index (χ1n) is 4.94. The SMILES string of the molecule is CCCC(N)C(O)C(=O)OC(C)(C)C. The van der Waals surface area contributed by atoms with Crippen LogP contribution in [-0.4, -0.2) is 28.8 Å². The Morgan fingerprint density at radius 1 is 1.50 bits per heavy atom. The van der Waals surface area contributed by atoms with Gasteiger partial charge in [0.1, 0.15) is 5.60 Å². The summed E-state index contributed by atoms with van der Waals surface area (Å²) in [5.41, 5.74) is 5.02. The summed E-state index contributed by atoms with van der Waals surface area (Å²) in [5, 5.41) is 9.48. The van der Waals surface area contributed by atoms with Crippen LogP contribution in [0.25, 0.3) is 0 Å². The largest absolute Gasteiger partial charge is 0.458 e. The minimum atomic E-state index is -1.21. The number of ether oxygens (including phenoxy) is 1. The molecule has 0 bridgehead atoms. The van der Waals surface area contributed by atoms with Crippen LogP contribution in [0.4, 0.5) is 0 Å². The molecule has 0 aliphatic heterocycles. The van der Waals surface area contributed by atoms with Gasteiger partial charge < -0.3 is 15.6 Å². The molecule has 3 N–H and O–H groups in total. The highest BCUT2D eigenvalue weighted by Gasteiger charge is 2.27. The summed E-state index contributed by atoms with van der Waals surface area (Å²) in [7, 11) is 0. The lowest BCUT2D eigenvalue weighted by molar-refractivity contribution is -0.166. The highest BCUT2D eigenvalue weighted by molar-refractivity contribution is 5.75. The van der Waals surface area contributed by atoms with Gasteiger partial charge in [-0.3, -0.25) is 0 Å². The van der Waals surface area contributed by atoms with Crippen LogP contribution in [0.1, 0.15) is 40.5 Å². The van der Waals surface area contributed by atoms with Crippen molar-refractivity contribution in [3.63, 3.8) is 0 Å². The highest BCUT2D eigenvalue weighted by atomic mass is 16.6. The van der Waals surface area contributed by atoms with Crippen molar-refractivity contribution in [1.29, 1.82) is 0 Å². The van der Waals surface area contributed by atoms with Crippen molar-refractivity contribution in [3.05, 3.63) is 0 Å². The van der Waals surface area contributed by atoms with E-state index in [4.69, 9.17) is 10.5 Å². The first-order valence-corrected chi connectivity index (χ1v) is 4.94. The first-order chi connectivity index (χ1) is 6.28. The molecule has 0 saturated heterocycles. The topological polar surface area (TPSA) is 72.5 Å². The van der Waals surface area contributed by atoms with E-state index >= 15 is 0 Å². The van der Waals surface area contributed by atoms with Crippen LogP contribution >= 0.6 is 0 Å². The van der Waals surface area contributed by atoms with Gasteiger partial charge in [0.15, 0.2) is 6.10 Å². The van der Waals surface area contributed by atoms with Gasteiger partial charge >= 0.3 is 5.97 Å². The second-order valence-corrected chi connectivity index (χ2v) is 4.43. The Labute approximate surface area is 85.4 Å². The molecule has 0 aliphatic rings. The van der Waals surface area contributed by atoms with E-state index in [9.17, 15) is 9.90 Å². The molecule has 4 nitrogen and oxygen atoms in total. The zero-order valence-electron chi connectivity index (χ0n) is 9.41. The van der Waals surface area contributed by atoms with E-state index in [0.29, 0.717) is 6.42 Å². The number of esters is 1. The lowest BCUT2D eigenvalue weighted by atomic mass is 10.1. The van der Waals surface area contributed by atoms with E-state index < -0.39 is 23.7 Å². The Balaban J connectivity index is 4.12. The molecule has 0 heterocycles. The van der Waals surface area contributed by atoms with Crippen molar-refractivity contribution in [1.82, 2.24) is 0 Å². The molecule has 2 atom stereocenters. The number of aliphatic hydroxyl groups is 1.